The summed E-state index contributed by atoms with van der Waals surface area (Å²) in [7, 11) is 0. The van der Waals surface area contributed by atoms with Gasteiger partial charge in [-0.2, -0.15) is 0 Å². The highest BCUT2D eigenvalue weighted by molar-refractivity contribution is 5.92. The zero-order valence-corrected chi connectivity index (χ0v) is 14.2. The summed E-state index contributed by atoms with van der Waals surface area (Å²) in [5.41, 5.74) is 5.25. The number of aromatic nitrogens is 2. The average Bonchev–Trinajstić information content (AvgIpc) is 2.76. The van der Waals surface area contributed by atoms with Crippen LogP contribution in [0.5, 0.6) is 0 Å². The highest BCUT2D eigenvalue weighted by Gasteiger charge is 2.45. The maximum Gasteiger partial charge on any atom is 0.410 e. The van der Waals surface area contributed by atoms with E-state index >= 15 is 0 Å². The number of amides is 2. The van der Waals surface area contributed by atoms with Gasteiger partial charge in [0.05, 0.1) is 12.1 Å². The molecule has 2 fully saturated rings. The molecule has 2 aliphatic rings. The van der Waals surface area contributed by atoms with E-state index in [1.807, 2.05) is 20.8 Å². The largest absolute Gasteiger partial charge is 0.444 e. The van der Waals surface area contributed by atoms with Crippen molar-refractivity contribution in [3.05, 3.63) is 17.8 Å². The van der Waals surface area contributed by atoms with E-state index in [0.29, 0.717) is 13.1 Å². The van der Waals surface area contributed by atoms with Gasteiger partial charge in [0.1, 0.15) is 11.4 Å². The molecule has 3 heterocycles. The monoisotopic (exact) mass is 333 g/mol. The second-order valence-electron chi connectivity index (χ2n) is 7.33. The van der Waals surface area contributed by atoms with Crippen LogP contribution in [0.3, 0.4) is 0 Å². The molecule has 2 atom stereocenters. The molecule has 2 amide bonds. The van der Waals surface area contributed by atoms with Gasteiger partial charge in [-0.05, 0) is 45.7 Å². The van der Waals surface area contributed by atoms with Gasteiger partial charge in [0.2, 0.25) is 0 Å². The van der Waals surface area contributed by atoms with Gasteiger partial charge in [0, 0.05) is 13.1 Å². The lowest BCUT2D eigenvalue weighted by Gasteiger charge is -2.41. The zero-order valence-electron chi connectivity index (χ0n) is 14.2. The lowest BCUT2D eigenvalue weighted by atomic mass is 10.1. The molecule has 2 aliphatic heterocycles. The summed E-state index contributed by atoms with van der Waals surface area (Å²) in [5.74, 6) is 0.101. The lowest BCUT2D eigenvalue weighted by Crippen LogP contribution is -2.58. The zero-order chi connectivity index (χ0) is 17.5. The van der Waals surface area contributed by atoms with Gasteiger partial charge in [-0.15, -0.1) is 10.2 Å². The molecule has 2 bridgehead atoms. The van der Waals surface area contributed by atoms with E-state index in [1.165, 1.54) is 0 Å². The predicted octanol–water partition coefficient (Wildman–Crippen LogP) is 1.28. The Morgan fingerprint density at radius 1 is 1.17 bits per heavy atom. The minimum Gasteiger partial charge on any atom is -0.444 e. The Labute approximate surface area is 141 Å². The molecule has 2 N–H and O–H groups in total. The maximum atomic E-state index is 12.6. The fraction of sp³-hybridized carbons (Fsp3) is 0.625. The molecule has 0 aliphatic carbocycles. The molecule has 1 aromatic heterocycles. The van der Waals surface area contributed by atoms with Crippen LogP contribution < -0.4 is 5.73 Å². The van der Waals surface area contributed by atoms with Gasteiger partial charge in [-0.3, -0.25) is 9.69 Å². The first kappa shape index (κ1) is 16.5. The van der Waals surface area contributed by atoms with Crippen LogP contribution in [0.4, 0.5) is 10.6 Å². The van der Waals surface area contributed by atoms with Gasteiger partial charge in [0.25, 0.3) is 5.91 Å². The van der Waals surface area contributed by atoms with Crippen LogP contribution in [0.1, 0.15) is 44.1 Å². The average molecular weight is 333 g/mol. The second kappa shape index (κ2) is 5.92. The summed E-state index contributed by atoms with van der Waals surface area (Å²) >= 11 is 0. The molecule has 130 valence electrons. The van der Waals surface area contributed by atoms with Crippen molar-refractivity contribution in [2.75, 3.05) is 18.8 Å². The first-order valence-electron chi connectivity index (χ1n) is 8.14. The summed E-state index contributed by atoms with van der Waals surface area (Å²) in [4.78, 5) is 28.5. The number of fused-ring (bicyclic) bond motifs is 2. The number of nitrogens with two attached hydrogens (primary N) is 1. The number of piperazine rings is 1. The van der Waals surface area contributed by atoms with Crippen LogP contribution in [0.15, 0.2) is 12.1 Å². The molecule has 3 rings (SSSR count). The van der Waals surface area contributed by atoms with Gasteiger partial charge < -0.3 is 15.4 Å². The van der Waals surface area contributed by atoms with E-state index in [2.05, 4.69) is 10.2 Å². The summed E-state index contributed by atoms with van der Waals surface area (Å²) in [6, 6.07) is 3.12. The molecule has 0 radical (unpaired) electrons. The van der Waals surface area contributed by atoms with Crippen molar-refractivity contribution in [2.24, 2.45) is 0 Å². The molecule has 0 aromatic carbocycles. The number of hydrogen-bond acceptors (Lipinski definition) is 6. The van der Waals surface area contributed by atoms with E-state index in [9.17, 15) is 9.59 Å². The third-order valence-corrected chi connectivity index (χ3v) is 4.28. The molecule has 8 heteroatoms. The molecule has 24 heavy (non-hydrogen) atoms. The number of rotatable bonds is 1. The fourth-order valence-corrected chi connectivity index (χ4v) is 3.30. The van der Waals surface area contributed by atoms with Crippen LogP contribution in [0.25, 0.3) is 0 Å². The minimum absolute atomic E-state index is 0.00992. The number of carbonyl (C=O) groups is 2. The number of carbonyl (C=O) groups excluding carboxylic acids is 2. The molecular weight excluding hydrogens is 310 g/mol. The lowest BCUT2D eigenvalue weighted by molar-refractivity contribution is -0.00345. The number of likely N-dealkylation sites (tertiary alicyclic amines) is 1. The summed E-state index contributed by atoms with van der Waals surface area (Å²) in [6.45, 7) is 6.53. The van der Waals surface area contributed by atoms with Crippen molar-refractivity contribution in [3.8, 4) is 0 Å². The third kappa shape index (κ3) is 3.27. The predicted molar refractivity (Wildman–Crippen MR) is 87.2 cm³/mol. The first-order valence-corrected chi connectivity index (χ1v) is 8.14. The van der Waals surface area contributed by atoms with Crippen LogP contribution in [-0.4, -0.2) is 62.8 Å². The van der Waals surface area contributed by atoms with Crippen molar-refractivity contribution in [1.29, 1.82) is 0 Å². The van der Waals surface area contributed by atoms with Crippen LogP contribution in [0, 0.1) is 0 Å². The van der Waals surface area contributed by atoms with Crippen molar-refractivity contribution < 1.29 is 14.3 Å². The molecule has 2 unspecified atom stereocenters. The van der Waals surface area contributed by atoms with Crippen molar-refractivity contribution >= 4 is 17.8 Å². The highest BCUT2D eigenvalue weighted by Crippen LogP contribution is 2.32. The smallest absolute Gasteiger partial charge is 0.410 e. The molecular formula is C16H23N5O3. The number of anilines is 1. The molecule has 1 aromatic rings. The molecule has 0 spiro atoms. The van der Waals surface area contributed by atoms with Crippen LogP contribution >= 0.6 is 0 Å². The van der Waals surface area contributed by atoms with E-state index in [4.69, 9.17) is 10.5 Å². The van der Waals surface area contributed by atoms with Crippen molar-refractivity contribution in [1.82, 2.24) is 20.0 Å². The van der Waals surface area contributed by atoms with E-state index in [0.717, 1.165) is 12.8 Å². The Kier molecular flexibility index (Phi) is 4.06. The topological polar surface area (TPSA) is 102 Å². The van der Waals surface area contributed by atoms with E-state index < -0.39 is 5.60 Å². The summed E-state index contributed by atoms with van der Waals surface area (Å²) in [6.07, 6.45) is 1.46. The molecule has 0 saturated carbocycles. The first-order chi connectivity index (χ1) is 11.2. The Morgan fingerprint density at radius 3 is 2.29 bits per heavy atom. The Bertz CT molecular complexity index is 626. The summed E-state index contributed by atoms with van der Waals surface area (Å²) in [5, 5.41) is 7.58. The second-order valence-corrected chi connectivity index (χ2v) is 7.33. The quantitative estimate of drug-likeness (QED) is 0.831. The van der Waals surface area contributed by atoms with Crippen LogP contribution in [-0.2, 0) is 4.74 Å². The molecule has 8 nitrogen and oxygen atoms in total. The number of nitrogens with zero attached hydrogens (tertiary/aromatic N) is 4. The van der Waals surface area contributed by atoms with E-state index in [-0.39, 0.29) is 35.6 Å². The van der Waals surface area contributed by atoms with Gasteiger partial charge in [-0.25, -0.2) is 4.79 Å². The fourth-order valence-electron chi connectivity index (χ4n) is 3.30. The third-order valence-electron chi connectivity index (χ3n) is 4.28. The normalized spacial score (nSPS) is 23.3. The van der Waals surface area contributed by atoms with Gasteiger partial charge in [-0.1, -0.05) is 0 Å². The number of ether oxygens (including phenoxy) is 1. The molecule has 2 saturated heterocycles. The Morgan fingerprint density at radius 2 is 1.79 bits per heavy atom. The van der Waals surface area contributed by atoms with E-state index in [1.54, 1.807) is 21.9 Å². The number of nitrogen functional groups attached to an aromatic ring is 1. The van der Waals surface area contributed by atoms with Crippen molar-refractivity contribution in [2.45, 2.75) is 51.3 Å². The summed E-state index contributed by atoms with van der Waals surface area (Å²) < 4.78 is 5.50. The number of hydrogen-bond donors (Lipinski definition) is 1. The highest BCUT2D eigenvalue weighted by atomic mass is 16.6. The minimum atomic E-state index is -0.525. The van der Waals surface area contributed by atoms with Gasteiger partial charge in [0.15, 0.2) is 5.69 Å². The standard InChI is InChI=1S/C16H23N5O3/c1-16(2,3)24-15(23)21-10-4-5-11(21)9-20(8-10)14(22)12-6-7-13(17)19-18-12/h6-7,10-11H,4-5,8-9H2,1-3H3,(H2,17,19). The Hall–Kier alpha value is -2.38. The Balaban J connectivity index is 1.70. The SMILES string of the molecule is CC(C)(C)OC(=O)N1C2CCC1CN(C(=O)c1ccc(N)nn1)C2. The van der Waals surface area contributed by atoms with Crippen molar-refractivity contribution in [3.63, 3.8) is 0 Å². The van der Waals surface area contributed by atoms with Crippen LogP contribution in [0.2, 0.25) is 0 Å². The maximum absolute atomic E-state index is 12.6. The van der Waals surface area contributed by atoms with Gasteiger partial charge >= 0.3 is 6.09 Å².